The van der Waals surface area contributed by atoms with Crippen LogP contribution in [0.4, 0.5) is 0 Å². The highest BCUT2D eigenvalue weighted by atomic mass is 16.4. The van der Waals surface area contributed by atoms with E-state index in [1.807, 2.05) is 13.8 Å². The average Bonchev–Trinajstić information content (AvgIpc) is 2.56. The number of aryl methyl sites for hydroxylation is 2. The maximum atomic E-state index is 5.66. The molecule has 0 unspecified atom stereocenters. The lowest BCUT2D eigenvalue weighted by molar-refractivity contribution is 0.470. The van der Waals surface area contributed by atoms with Crippen LogP contribution in [0.1, 0.15) is 29.7 Å². The lowest BCUT2D eigenvalue weighted by Gasteiger charge is -1.86. The quantitative estimate of drug-likeness (QED) is 0.655. The van der Waals surface area contributed by atoms with E-state index in [9.17, 15) is 0 Å². The van der Waals surface area contributed by atoms with Crippen LogP contribution in [0.15, 0.2) is 4.42 Å². The van der Waals surface area contributed by atoms with E-state index < -0.39 is 0 Å². The first-order valence-electron chi connectivity index (χ1n) is 3.88. The van der Waals surface area contributed by atoms with Crippen molar-refractivity contribution in [3.63, 3.8) is 0 Å². The molecule has 1 fully saturated rings. The first kappa shape index (κ1) is 6.85. The summed E-state index contributed by atoms with van der Waals surface area (Å²) in [5.41, 5.74) is 6.64. The van der Waals surface area contributed by atoms with E-state index in [0.29, 0.717) is 5.92 Å². The molecular formula is C8H12N2O. The number of hydrogen-bond donors (Lipinski definition) is 1. The normalized spacial score (nSPS) is 29.0. The summed E-state index contributed by atoms with van der Waals surface area (Å²) in [4.78, 5) is 4.28. The van der Waals surface area contributed by atoms with E-state index in [4.69, 9.17) is 10.2 Å². The monoisotopic (exact) mass is 152 g/mol. The summed E-state index contributed by atoms with van der Waals surface area (Å²) in [6, 6.07) is 0.285. The van der Waals surface area contributed by atoms with E-state index in [1.54, 1.807) is 0 Å². The summed E-state index contributed by atoms with van der Waals surface area (Å²) < 4.78 is 5.42. The summed E-state index contributed by atoms with van der Waals surface area (Å²) >= 11 is 0. The van der Waals surface area contributed by atoms with Crippen LogP contribution < -0.4 is 5.73 Å². The molecule has 0 spiro atoms. The third-order valence-electron chi connectivity index (χ3n) is 2.20. The molecule has 1 heterocycles. The van der Waals surface area contributed by atoms with E-state index in [1.165, 1.54) is 0 Å². The van der Waals surface area contributed by atoms with Gasteiger partial charge in [-0.25, -0.2) is 4.98 Å². The summed E-state index contributed by atoms with van der Waals surface area (Å²) in [5.74, 6) is 2.13. The number of rotatable bonds is 1. The van der Waals surface area contributed by atoms with Crippen molar-refractivity contribution in [2.45, 2.75) is 32.2 Å². The van der Waals surface area contributed by atoms with Gasteiger partial charge in [0, 0.05) is 6.04 Å². The summed E-state index contributed by atoms with van der Waals surface area (Å²) in [5, 5.41) is 0. The number of nitrogens with zero attached hydrogens (tertiary/aromatic N) is 1. The van der Waals surface area contributed by atoms with Gasteiger partial charge in [-0.05, 0) is 20.3 Å². The van der Waals surface area contributed by atoms with Crippen molar-refractivity contribution in [2.75, 3.05) is 0 Å². The zero-order chi connectivity index (χ0) is 8.01. The van der Waals surface area contributed by atoms with Gasteiger partial charge in [0.2, 0.25) is 0 Å². The Bertz CT molecular complexity index is 260. The van der Waals surface area contributed by atoms with E-state index in [-0.39, 0.29) is 6.04 Å². The maximum Gasteiger partial charge on any atom is 0.199 e. The van der Waals surface area contributed by atoms with Crippen LogP contribution in [-0.4, -0.2) is 11.0 Å². The smallest absolute Gasteiger partial charge is 0.199 e. The lowest BCUT2D eigenvalue weighted by Crippen LogP contribution is -2.00. The lowest BCUT2D eigenvalue weighted by atomic mass is 10.4. The van der Waals surface area contributed by atoms with Gasteiger partial charge in [-0.15, -0.1) is 0 Å². The molecule has 0 saturated heterocycles. The van der Waals surface area contributed by atoms with Crippen molar-refractivity contribution in [1.82, 2.24) is 4.98 Å². The van der Waals surface area contributed by atoms with Gasteiger partial charge in [-0.3, -0.25) is 0 Å². The highest BCUT2D eigenvalue weighted by Gasteiger charge is 2.39. The molecule has 11 heavy (non-hydrogen) atoms. The van der Waals surface area contributed by atoms with E-state index in [2.05, 4.69) is 4.98 Å². The predicted molar refractivity (Wildman–Crippen MR) is 41.3 cm³/mol. The third-order valence-corrected chi connectivity index (χ3v) is 2.20. The Kier molecular flexibility index (Phi) is 1.29. The van der Waals surface area contributed by atoms with Crippen LogP contribution in [-0.2, 0) is 0 Å². The molecule has 1 aliphatic carbocycles. The molecule has 1 aromatic rings. The number of aromatic nitrogens is 1. The highest BCUT2D eigenvalue weighted by molar-refractivity contribution is 5.15. The molecule has 2 N–H and O–H groups in total. The first-order valence-corrected chi connectivity index (χ1v) is 3.88. The molecule has 0 bridgehead atoms. The van der Waals surface area contributed by atoms with E-state index >= 15 is 0 Å². The predicted octanol–water partition coefficient (Wildman–Crippen LogP) is 1.11. The molecule has 3 heteroatoms. The zero-order valence-electron chi connectivity index (χ0n) is 6.79. The Morgan fingerprint density at radius 3 is 2.55 bits per heavy atom. The minimum atomic E-state index is 0.285. The van der Waals surface area contributed by atoms with Gasteiger partial charge < -0.3 is 10.2 Å². The minimum Gasteiger partial charge on any atom is -0.445 e. The molecule has 0 amide bonds. The van der Waals surface area contributed by atoms with Gasteiger partial charge in [-0.2, -0.15) is 0 Å². The second-order valence-electron chi connectivity index (χ2n) is 3.20. The van der Waals surface area contributed by atoms with Crippen molar-refractivity contribution in [2.24, 2.45) is 5.73 Å². The highest BCUT2D eigenvalue weighted by Crippen LogP contribution is 2.38. The SMILES string of the molecule is Cc1nc([C@@H]2C[C@H]2N)oc1C. The van der Waals surface area contributed by atoms with Crippen molar-refractivity contribution < 1.29 is 4.42 Å². The fraction of sp³-hybridized carbons (Fsp3) is 0.625. The molecule has 1 aliphatic rings. The molecular weight excluding hydrogens is 140 g/mol. The fourth-order valence-electron chi connectivity index (χ4n) is 1.15. The second kappa shape index (κ2) is 2.08. The second-order valence-corrected chi connectivity index (χ2v) is 3.20. The fourth-order valence-corrected chi connectivity index (χ4v) is 1.15. The van der Waals surface area contributed by atoms with Crippen LogP contribution in [0.2, 0.25) is 0 Å². The Morgan fingerprint density at radius 1 is 1.55 bits per heavy atom. The van der Waals surface area contributed by atoms with Crippen LogP contribution in [0.25, 0.3) is 0 Å². The molecule has 0 radical (unpaired) electrons. The molecule has 1 aromatic heterocycles. The Hall–Kier alpha value is -0.830. The standard InChI is InChI=1S/C8H12N2O/c1-4-5(2)11-8(10-4)6-3-7(6)9/h6-7H,3,9H2,1-2H3/t6-,7-/m1/s1. The van der Waals surface area contributed by atoms with Gasteiger partial charge in [0.25, 0.3) is 0 Å². The summed E-state index contributed by atoms with van der Waals surface area (Å²) in [6.45, 7) is 3.88. The van der Waals surface area contributed by atoms with Crippen LogP contribution in [0.5, 0.6) is 0 Å². The van der Waals surface area contributed by atoms with Crippen molar-refractivity contribution >= 4 is 0 Å². The van der Waals surface area contributed by atoms with Crippen molar-refractivity contribution in [3.05, 3.63) is 17.3 Å². The molecule has 0 aromatic carbocycles. The zero-order valence-corrected chi connectivity index (χ0v) is 6.79. The summed E-state index contributed by atoms with van der Waals surface area (Å²) in [6.07, 6.45) is 1.03. The molecule has 3 nitrogen and oxygen atoms in total. The average molecular weight is 152 g/mol. The van der Waals surface area contributed by atoms with Gasteiger partial charge in [0.05, 0.1) is 11.6 Å². The molecule has 60 valence electrons. The first-order chi connectivity index (χ1) is 5.18. The van der Waals surface area contributed by atoms with Gasteiger partial charge in [-0.1, -0.05) is 0 Å². The summed E-state index contributed by atoms with van der Waals surface area (Å²) in [7, 11) is 0. The van der Waals surface area contributed by atoms with Crippen LogP contribution >= 0.6 is 0 Å². The van der Waals surface area contributed by atoms with Gasteiger partial charge >= 0.3 is 0 Å². The maximum absolute atomic E-state index is 5.66. The number of oxazole rings is 1. The molecule has 0 aliphatic heterocycles. The number of hydrogen-bond acceptors (Lipinski definition) is 3. The molecule has 2 atom stereocenters. The molecule has 1 saturated carbocycles. The third kappa shape index (κ3) is 1.05. The number of nitrogens with two attached hydrogens (primary N) is 1. The van der Waals surface area contributed by atoms with E-state index in [0.717, 1.165) is 23.8 Å². The van der Waals surface area contributed by atoms with Gasteiger partial charge in [0.15, 0.2) is 5.89 Å². The van der Waals surface area contributed by atoms with Crippen LogP contribution in [0, 0.1) is 13.8 Å². The molecule has 2 rings (SSSR count). The Morgan fingerprint density at radius 2 is 2.18 bits per heavy atom. The topological polar surface area (TPSA) is 52.0 Å². The largest absolute Gasteiger partial charge is 0.445 e. The Balaban J connectivity index is 2.26. The van der Waals surface area contributed by atoms with Gasteiger partial charge in [0.1, 0.15) is 5.76 Å². The van der Waals surface area contributed by atoms with Crippen LogP contribution in [0.3, 0.4) is 0 Å². The Labute approximate surface area is 65.6 Å². The minimum absolute atomic E-state index is 0.285. The van der Waals surface area contributed by atoms with Crippen molar-refractivity contribution in [3.8, 4) is 0 Å². The van der Waals surface area contributed by atoms with Crippen molar-refractivity contribution in [1.29, 1.82) is 0 Å².